The van der Waals surface area contributed by atoms with E-state index in [2.05, 4.69) is 6.92 Å². The van der Waals surface area contributed by atoms with Gasteiger partial charge in [-0.1, -0.05) is 37.3 Å². The van der Waals surface area contributed by atoms with E-state index >= 15 is 0 Å². The van der Waals surface area contributed by atoms with Gasteiger partial charge in [0.2, 0.25) is 0 Å². The van der Waals surface area contributed by atoms with Gasteiger partial charge in [0.15, 0.2) is 11.5 Å². The van der Waals surface area contributed by atoms with Gasteiger partial charge in [-0.05, 0) is 31.5 Å². The second kappa shape index (κ2) is 6.96. The van der Waals surface area contributed by atoms with Crippen LogP contribution in [0, 0.1) is 0 Å². The molecule has 0 fully saturated rings. The molecule has 0 saturated heterocycles. The Morgan fingerprint density at radius 2 is 1.55 bits per heavy atom. The SMILES string of the molecule is CCCOc1ccccc1Oc1ccccc1[C@H](C)N. The summed E-state index contributed by atoms with van der Waals surface area (Å²) in [5.41, 5.74) is 6.96. The van der Waals surface area contributed by atoms with E-state index in [4.69, 9.17) is 15.2 Å². The highest BCUT2D eigenvalue weighted by Crippen LogP contribution is 2.34. The Morgan fingerprint density at radius 1 is 0.950 bits per heavy atom. The third-order valence-electron chi connectivity index (χ3n) is 2.94. The zero-order chi connectivity index (χ0) is 14.4. The molecule has 1 atom stereocenters. The first-order valence-corrected chi connectivity index (χ1v) is 6.96. The third kappa shape index (κ3) is 3.52. The normalized spacial score (nSPS) is 11.9. The Hall–Kier alpha value is -2.00. The van der Waals surface area contributed by atoms with Crippen molar-refractivity contribution in [2.24, 2.45) is 5.73 Å². The summed E-state index contributed by atoms with van der Waals surface area (Å²) < 4.78 is 11.7. The molecule has 2 aromatic rings. The van der Waals surface area contributed by atoms with Crippen molar-refractivity contribution in [2.45, 2.75) is 26.3 Å². The predicted octanol–water partition coefficient (Wildman–Crippen LogP) is 4.29. The van der Waals surface area contributed by atoms with Gasteiger partial charge in [-0.2, -0.15) is 0 Å². The van der Waals surface area contributed by atoms with Crippen LogP contribution in [0.25, 0.3) is 0 Å². The molecule has 0 aliphatic rings. The molecule has 0 spiro atoms. The van der Waals surface area contributed by atoms with E-state index in [0.717, 1.165) is 23.5 Å². The van der Waals surface area contributed by atoms with Crippen LogP contribution in [0.1, 0.15) is 31.9 Å². The standard InChI is InChI=1S/C17H21NO2/c1-3-12-19-16-10-6-7-11-17(16)20-15-9-5-4-8-14(15)13(2)18/h4-11,13H,3,12,18H2,1-2H3/t13-/m0/s1. The van der Waals surface area contributed by atoms with E-state index in [9.17, 15) is 0 Å². The summed E-state index contributed by atoms with van der Waals surface area (Å²) in [4.78, 5) is 0. The molecular weight excluding hydrogens is 250 g/mol. The number of hydrogen-bond acceptors (Lipinski definition) is 3. The van der Waals surface area contributed by atoms with E-state index < -0.39 is 0 Å². The monoisotopic (exact) mass is 271 g/mol. The van der Waals surface area contributed by atoms with E-state index in [1.807, 2.05) is 55.5 Å². The van der Waals surface area contributed by atoms with Gasteiger partial charge in [0.05, 0.1) is 6.61 Å². The van der Waals surface area contributed by atoms with Crippen LogP contribution in [0.2, 0.25) is 0 Å². The van der Waals surface area contributed by atoms with Crippen LogP contribution >= 0.6 is 0 Å². The number of benzene rings is 2. The molecule has 0 radical (unpaired) electrons. The van der Waals surface area contributed by atoms with Gasteiger partial charge in [-0.25, -0.2) is 0 Å². The molecule has 2 aromatic carbocycles. The molecule has 0 bridgehead atoms. The zero-order valence-electron chi connectivity index (χ0n) is 12.0. The van der Waals surface area contributed by atoms with Crippen molar-refractivity contribution in [2.75, 3.05) is 6.61 Å². The van der Waals surface area contributed by atoms with E-state index in [-0.39, 0.29) is 6.04 Å². The average molecular weight is 271 g/mol. The molecule has 3 heteroatoms. The van der Waals surface area contributed by atoms with Crippen molar-refractivity contribution in [3.8, 4) is 17.2 Å². The highest BCUT2D eigenvalue weighted by molar-refractivity contribution is 5.45. The largest absolute Gasteiger partial charge is 0.490 e. The van der Waals surface area contributed by atoms with E-state index in [1.165, 1.54) is 0 Å². The second-order valence-corrected chi connectivity index (χ2v) is 4.72. The van der Waals surface area contributed by atoms with Gasteiger partial charge in [-0.15, -0.1) is 0 Å². The zero-order valence-corrected chi connectivity index (χ0v) is 12.0. The van der Waals surface area contributed by atoms with Crippen LogP contribution in [0.5, 0.6) is 17.2 Å². The van der Waals surface area contributed by atoms with Gasteiger partial charge in [0, 0.05) is 11.6 Å². The van der Waals surface area contributed by atoms with Crippen LogP contribution in [-0.2, 0) is 0 Å². The molecule has 2 N–H and O–H groups in total. The fourth-order valence-electron chi connectivity index (χ4n) is 1.93. The average Bonchev–Trinajstić information content (AvgIpc) is 2.47. The highest BCUT2D eigenvalue weighted by atomic mass is 16.5. The smallest absolute Gasteiger partial charge is 0.169 e. The van der Waals surface area contributed by atoms with Crippen molar-refractivity contribution in [3.63, 3.8) is 0 Å². The second-order valence-electron chi connectivity index (χ2n) is 4.72. The van der Waals surface area contributed by atoms with Crippen molar-refractivity contribution in [1.82, 2.24) is 0 Å². The van der Waals surface area contributed by atoms with Gasteiger partial charge >= 0.3 is 0 Å². The minimum Gasteiger partial charge on any atom is -0.490 e. The van der Waals surface area contributed by atoms with Gasteiger partial charge in [0.25, 0.3) is 0 Å². The number of rotatable bonds is 6. The van der Waals surface area contributed by atoms with E-state index in [0.29, 0.717) is 12.4 Å². The molecule has 0 aliphatic heterocycles. The Bertz CT molecular complexity index is 552. The summed E-state index contributed by atoms with van der Waals surface area (Å²) in [5, 5.41) is 0. The molecule has 0 unspecified atom stereocenters. The molecule has 2 rings (SSSR count). The Kier molecular flexibility index (Phi) is 5.02. The molecule has 0 amide bonds. The summed E-state index contributed by atoms with van der Waals surface area (Å²) in [7, 11) is 0. The number of nitrogens with two attached hydrogens (primary N) is 1. The lowest BCUT2D eigenvalue weighted by Gasteiger charge is -2.16. The number of ether oxygens (including phenoxy) is 2. The van der Waals surface area contributed by atoms with Gasteiger partial charge in [0.1, 0.15) is 5.75 Å². The first-order chi connectivity index (χ1) is 9.72. The van der Waals surface area contributed by atoms with Crippen molar-refractivity contribution < 1.29 is 9.47 Å². The van der Waals surface area contributed by atoms with Crippen molar-refractivity contribution >= 4 is 0 Å². The molecule has 106 valence electrons. The summed E-state index contributed by atoms with van der Waals surface area (Å²) in [6.07, 6.45) is 0.963. The summed E-state index contributed by atoms with van der Waals surface area (Å²) in [6, 6.07) is 15.4. The molecule has 0 heterocycles. The first-order valence-electron chi connectivity index (χ1n) is 6.96. The van der Waals surface area contributed by atoms with Gasteiger partial charge in [-0.3, -0.25) is 0 Å². The molecule has 0 saturated carbocycles. The summed E-state index contributed by atoms with van der Waals surface area (Å²) in [5.74, 6) is 2.25. The first kappa shape index (κ1) is 14.4. The summed E-state index contributed by atoms with van der Waals surface area (Å²) in [6.45, 7) is 4.70. The highest BCUT2D eigenvalue weighted by Gasteiger charge is 2.10. The van der Waals surface area contributed by atoms with Crippen molar-refractivity contribution in [3.05, 3.63) is 54.1 Å². The molecule has 0 aromatic heterocycles. The molecule has 20 heavy (non-hydrogen) atoms. The van der Waals surface area contributed by atoms with Crippen LogP contribution in [-0.4, -0.2) is 6.61 Å². The topological polar surface area (TPSA) is 44.5 Å². The Balaban J connectivity index is 2.26. The van der Waals surface area contributed by atoms with Crippen LogP contribution in [0.4, 0.5) is 0 Å². The molecule has 0 aliphatic carbocycles. The maximum absolute atomic E-state index is 5.99. The van der Waals surface area contributed by atoms with Crippen LogP contribution in [0.15, 0.2) is 48.5 Å². The Morgan fingerprint density at radius 3 is 2.20 bits per heavy atom. The Labute approximate surface area is 120 Å². The van der Waals surface area contributed by atoms with Crippen molar-refractivity contribution in [1.29, 1.82) is 0 Å². The van der Waals surface area contributed by atoms with Crippen LogP contribution < -0.4 is 15.2 Å². The maximum atomic E-state index is 5.99. The fraction of sp³-hybridized carbons (Fsp3) is 0.294. The fourth-order valence-corrected chi connectivity index (χ4v) is 1.93. The minimum absolute atomic E-state index is 0.0741. The van der Waals surface area contributed by atoms with Crippen LogP contribution in [0.3, 0.4) is 0 Å². The molecule has 3 nitrogen and oxygen atoms in total. The lowest BCUT2D eigenvalue weighted by Crippen LogP contribution is -2.06. The predicted molar refractivity (Wildman–Crippen MR) is 81.3 cm³/mol. The minimum atomic E-state index is -0.0741. The third-order valence-corrected chi connectivity index (χ3v) is 2.94. The van der Waals surface area contributed by atoms with E-state index in [1.54, 1.807) is 0 Å². The quantitative estimate of drug-likeness (QED) is 0.852. The number of hydrogen-bond donors (Lipinski definition) is 1. The molecular formula is C17H21NO2. The van der Waals surface area contributed by atoms with Gasteiger partial charge < -0.3 is 15.2 Å². The summed E-state index contributed by atoms with van der Waals surface area (Å²) >= 11 is 0. The number of para-hydroxylation sites is 3. The lowest BCUT2D eigenvalue weighted by atomic mass is 10.1. The lowest BCUT2D eigenvalue weighted by molar-refractivity contribution is 0.301. The maximum Gasteiger partial charge on any atom is 0.169 e.